The molecule has 0 fully saturated rings. The number of rotatable bonds is 5. The van der Waals surface area contributed by atoms with Crippen molar-refractivity contribution in [2.45, 2.75) is 0 Å². The van der Waals surface area contributed by atoms with E-state index in [1.807, 2.05) is 42.5 Å². The Kier molecular flexibility index (Phi) is 6.76. The number of hydrogen-bond donors (Lipinski definition) is 0. The molecule has 0 aliphatic carbocycles. The number of nitrogens with zero attached hydrogens (tertiary/aromatic N) is 4. The lowest BCUT2D eigenvalue weighted by molar-refractivity contribution is 1.23. The van der Waals surface area contributed by atoms with Crippen molar-refractivity contribution in [2.24, 2.45) is 0 Å². The van der Waals surface area contributed by atoms with Gasteiger partial charge in [0, 0.05) is 38.4 Å². The summed E-state index contributed by atoms with van der Waals surface area (Å²) < 4.78 is 0. The Balaban J connectivity index is 1.24. The minimum absolute atomic E-state index is 0.679. The molecule has 0 saturated heterocycles. The van der Waals surface area contributed by atoms with Gasteiger partial charge in [-0.25, -0.2) is 19.9 Å². The van der Waals surface area contributed by atoms with Gasteiger partial charge in [-0.3, -0.25) is 0 Å². The lowest BCUT2D eigenvalue weighted by atomic mass is 9.98. The van der Waals surface area contributed by atoms with E-state index in [1.54, 1.807) is 0 Å². The second-order valence-electron chi connectivity index (χ2n) is 11.9. The highest BCUT2D eigenvalue weighted by molar-refractivity contribution is 6.06. The fourth-order valence-electron chi connectivity index (χ4n) is 6.43. The third-order valence-electron chi connectivity index (χ3n) is 8.89. The summed E-state index contributed by atoms with van der Waals surface area (Å²) in [6.45, 7) is 0. The molecule has 0 atom stereocenters. The number of para-hydroxylation sites is 1. The Morgan fingerprint density at radius 1 is 0.292 bits per heavy atom. The number of fused-ring (bicyclic) bond motifs is 4. The second kappa shape index (κ2) is 11.7. The molecule has 0 radical (unpaired) electrons. The largest absolute Gasteiger partial charge is 0.245 e. The molecular weight excluding hydrogens is 585 g/mol. The first kappa shape index (κ1) is 27.8. The van der Waals surface area contributed by atoms with Crippen molar-refractivity contribution >= 4 is 32.7 Å². The Hall–Kier alpha value is -6.52. The summed E-state index contributed by atoms with van der Waals surface area (Å²) in [6, 6.07) is 58.5. The summed E-state index contributed by atoms with van der Waals surface area (Å²) in [7, 11) is 0. The van der Waals surface area contributed by atoms with Crippen LogP contribution >= 0.6 is 0 Å². The van der Waals surface area contributed by atoms with Crippen LogP contribution in [0.15, 0.2) is 170 Å². The number of hydrogen-bond acceptors (Lipinski definition) is 4. The lowest BCUT2D eigenvalue weighted by Gasteiger charge is -2.13. The van der Waals surface area contributed by atoms with Crippen molar-refractivity contribution in [2.75, 3.05) is 0 Å². The average molecular weight is 613 g/mol. The summed E-state index contributed by atoms with van der Waals surface area (Å²) in [5.74, 6) is 0.679. The van der Waals surface area contributed by atoms with E-state index in [0.29, 0.717) is 5.82 Å². The Labute approximate surface area is 278 Å². The molecule has 0 saturated carbocycles. The van der Waals surface area contributed by atoms with Gasteiger partial charge in [-0.05, 0) is 23.3 Å². The smallest absolute Gasteiger partial charge is 0.160 e. The fourth-order valence-corrected chi connectivity index (χ4v) is 6.43. The van der Waals surface area contributed by atoms with E-state index in [9.17, 15) is 0 Å². The van der Waals surface area contributed by atoms with Gasteiger partial charge in [-0.2, -0.15) is 0 Å². The normalized spacial score (nSPS) is 11.3. The summed E-state index contributed by atoms with van der Waals surface area (Å²) in [5.41, 5.74) is 11.7. The van der Waals surface area contributed by atoms with Crippen LogP contribution in [0.4, 0.5) is 0 Å². The molecule has 0 N–H and O–H groups in total. The summed E-state index contributed by atoms with van der Waals surface area (Å²) >= 11 is 0. The molecule has 6 aromatic carbocycles. The molecule has 0 spiro atoms. The van der Waals surface area contributed by atoms with E-state index in [2.05, 4.69) is 127 Å². The van der Waals surface area contributed by atoms with Gasteiger partial charge in [0.05, 0.1) is 33.6 Å². The van der Waals surface area contributed by atoms with Crippen LogP contribution in [-0.4, -0.2) is 19.9 Å². The molecule has 9 aromatic rings. The average Bonchev–Trinajstić information content (AvgIpc) is 3.18. The van der Waals surface area contributed by atoms with Crippen molar-refractivity contribution in [1.29, 1.82) is 0 Å². The number of aromatic nitrogens is 4. The summed E-state index contributed by atoms with van der Waals surface area (Å²) in [5, 5.41) is 3.08. The van der Waals surface area contributed by atoms with Crippen LogP contribution in [0.3, 0.4) is 0 Å². The van der Waals surface area contributed by atoms with Crippen molar-refractivity contribution in [3.05, 3.63) is 170 Å². The third kappa shape index (κ3) is 4.97. The molecule has 0 aliphatic rings. The SMILES string of the molecule is c1ccc(-c2ccc(-c3nc(-c4ccccc4)nc4c(-c5ccc6ccc7ccc(-c8ccccc8)nc7c6n5)cccc34)cc2)cc1. The zero-order valence-electron chi connectivity index (χ0n) is 26.0. The third-order valence-corrected chi connectivity index (χ3v) is 8.89. The lowest BCUT2D eigenvalue weighted by Crippen LogP contribution is -1.98. The monoisotopic (exact) mass is 612 g/mol. The van der Waals surface area contributed by atoms with Crippen molar-refractivity contribution in [1.82, 2.24) is 19.9 Å². The molecule has 224 valence electrons. The van der Waals surface area contributed by atoms with Crippen molar-refractivity contribution < 1.29 is 0 Å². The van der Waals surface area contributed by atoms with Gasteiger partial charge in [-0.1, -0.05) is 158 Å². The predicted molar refractivity (Wildman–Crippen MR) is 197 cm³/mol. The molecule has 4 heteroatoms. The maximum Gasteiger partial charge on any atom is 0.160 e. The van der Waals surface area contributed by atoms with Gasteiger partial charge >= 0.3 is 0 Å². The molecule has 0 unspecified atom stereocenters. The highest BCUT2D eigenvalue weighted by atomic mass is 14.9. The van der Waals surface area contributed by atoms with Gasteiger partial charge < -0.3 is 0 Å². The fraction of sp³-hybridized carbons (Fsp3) is 0. The van der Waals surface area contributed by atoms with Crippen LogP contribution in [0, 0.1) is 0 Å². The Bertz CT molecular complexity index is 2580. The molecule has 4 nitrogen and oxygen atoms in total. The molecule has 0 amide bonds. The van der Waals surface area contributed by atoms with E-state index >= 15 is 0 Å². The Morgan fingerprint density at radius 3 is 1.48 bits per heavy atom. The summed E-state index contributed by atoms with van der Waals surface area (Å²) in [4.78, 5) is 20.8. The maximum absolute atomic E-state index is 5.29. The quantitative estimate of drug-likeness (QED) is 0.181. The maximum atomic E-state index is 5.29. The standard InChI is InChI=1S/C44H28N4/c1-4-11-29(12-5-1)30-19-21-32(22-20-30)40-37-18-10-17-36(43(37)48-44(47-40)35-15-8-3-9-16-35)39-28-26-34-24-23-33-25-27-38(31-13-6-2-7-14-31)45-41(33)42(34)46-39/h1-28H. The first-order chi connectivity index (χ1) is 23.8. The first-order valence-electron chi connectivity index (χ1n) is 16.1. The van der Waals surface area contributed by atoms with E-state index in [-0.39, 0.29) is 0 Å². The van der Waals surface area contributed by atoms with Crippen LogP contribution in [-0.2, 0) is 0 Å². The van der Waals surface area contributed by atoms with Crippen LogP contribution in [0.25, 0.3) is 89.0 Å². The van der Waals surface area contributed by atoms with Crippen LogP contribution in [0.5, 0.6) is 0 Å². The molecular formula is C44H28N4. The minimum atomic E-state index is 0.679. The van der Waals surface area contributed by atoms with Crippen LogP contribution in [0.2, 0.25) is 0 Å². The van der Waals surface area contributed by atoms with Gasteiger partial charge in [0.1, 0.15) is 0 Å². The topological polar surface area (TPSA) is 51.6 Å². The minimum Gasteiger partial charge on any atom is -0.245 e. The van der Waals surface area contributed by atoms with Gasteiger partial charge in [-0.15, -0.1) is 0 Å². The van der Waals surface area contributed by atoms with E-state index in [0.717, 1.165) is 72.0 Å². The zero-order valence-corrected chi connectivity index (χ0v) is 26.0. The Morgan fingerprint density at radius 2 is 0.812 bits per heavy atom. The molecule has 48 heavy (non-hydrogen) atoms. The van der Waals surface area contributed by atoms with Crippen molar-refractivity contribution in [3.8, 4) is 56.3 Å². The van der Waals surface area contributed by atoms with E-state index < -0.39 is 0 Å². The molecule has 9 rings (SSSR count). The second-order valence-corrected chi connectivity index (χ2v) is 11.9. The van der Waals surface area contributed by atoms with Gasteiger partial charge in [0.15, 0.2) is 5.82 Å². The molecule has 3 heterocycles. The number of pyridine rings is 2. The van der Waals surface area contributed by atoms with E-state index in [4.69, 9.17) is 19.9 Å². The summed E-state index contributed by atoms with van der Waals surface area (Å²) in [6.07, 6.45) is 0. The highest BCUT2D eigenvalue weighted by Crippen LogP contribution is 2.36. The van der Waals surface area contributed by atoms with Gasteiger partial charge in [0.25, 0.3) is 0 Å². The zero-order chi connectivity index (χ0) is 31.9. The van der Waals surface area contributed by atoms with Crippen molar-refractivity contribution in [3.63, 3.8) is 0 Å². The molecule has 3 aromatic heterocycles. The predicted octanol–water partition coefficient (Wildman–Crippen LogP) is 11.1. The highest BCUT2D eigenvalue weighted by Gasteiger charge is 2.17. The molecule has 0 aliphatic heterocycles. The first-order valence-corrected chi connectivity index (χ1v) is 16.1. The number of benzene rings is 6. The van der Waals surface area contributed by atoms with E-state index in [1.165, 1.54) is 11.1 Å². The molecule has 0 bridgehead atoms. The van der Waals surface area contributed by atoms with Gasteiger partial charge in [0.2, 0.25) is 0 Å². The van der Waals surface area contributed by atoms with Crippen LogP contribution in [0.1, 0.15) is 0 Å². The van der Waals surface area contributed by atoms with Crippen LogP contribution < -0.4 is 0 Å².